The largest absolute Gasteiger partial charge is 0.354 e. The summed E-state index contributed by atoms with van der Waals surface area (Å²) in [5, 5.41) is 5.13. The average molecular weight is 323 g/mol. The van der Waals surface area contributed by atoms with Gasteiger partial charge in [-0.1, -0.05) is 0 Å². The molecule has 0 radical (unpaired) electrons. The number of carbonyl (C=O) groups excluding carboxylic acids is 5. The lowest BCUT2D eigenvalue weighted by Crippen LogP contribution is -2.38. The summed E-state index contributed by atoms with van der Waals surface area (Å²) < 4.78 is 0. The lowest BCUT2D eigenvalue weighted by Gasteiger charge is -2.13. The molecule has 4 amide bonds. The zero-order valence-electron chi connectivity index (χ0n) is 13.0. The fourth-order valence-electron chi connectivity index (χ4n) is 1.98. The van der Waals surface area contributed by atoms with E-state index in [1.807, 2.05) is 0 Å². The first-order valence-corrected chi connectivity index (χ1v) is 7.49. The summed E-state index contributed by atoms with van der Waals surface area (Å²) in [6, 6.07) is -0.503. The van der Waals surface area contributed by atoms with Gasteiger partial charge in [-0.15, -0.1) is 0 Å². The first-order chi connectivity index (χ1) is 10.9. The molecule has 0 aromatic carbocycles. The summed E-state index contributed by atoms with van der Waals surface area (Å²) >= 11 is 0. The molecule has 23 heavy (non-hydrogen) atoms. The summed E-state index contributed by atoms with van der Waals surface area (Å²) in [7, 11) is 0. The highest BCUT2D eigenvalue weighted by molar-refractivity contribution is 6.12. The standard InChI is InChI=1S/C15H21N3O5/c1-11(10-19)17-13(21)5-3-2-4-12(20)16-8-9-18-14(22)6-7-15(18)23/h6-7,10-11H,2-5,8-9H2,1H3,(H,16,20)(H,17,21)/t11-/m0/s1. The Balaban J connectivity index is 2.06. The van der Waals surface area contributed by atoms with E-state index in [1.54, 1.807) is 6.92 Å². The highest BCUT2D eigenvalue weighted by atomic mass is 16.2. The van der Waals surface area contributed by atoms with Gasteiger partial charge in [-0.3, -0.25) is 24.1 Å². The van der Waals surface area contributed by atoms with Crippen LogP contribution in [-0.4, -0.2) is 53.9 Å². The van der Waals surface area contributed by atoms with Crippen LogP contribution in [0, 0.1) is 0 Å². The second-order valence-corrected chi connectivity index (χ2v) is 5.21. The molecule has 126 valence electrons. The van der Waals surface area contributed by atoms with Crippen LogP contribution >= 0.6 is 0 Å². The zero-order valence-corrected chi connectivity index (χ0v) is 13.0. The van der Waals surface area contributed by atoms with Gasteiger partial charge in [-0.25, -0.2) is 0 Å². The molecule has 0 aromatic rings. The maximum absolute atomic E-state index is 11.6. The normalized spacial score (nSPS) is 14.7. The molecule has 1 atom stereocenters. The van der Waals surface area contributed by atoms with Crippen molar-refractivity contribution in [2.75, 3.05) is 13.1 Å². The van der Waals surface area contributed by atoms with Crippen LogP contribution in [0.3, 0.4) is 0 Å². The van der Waals surface area contributed by atoms with Crippen LogP contribution in [0.2, 0.25) is 0 Å². The topological polar surface area (TPSA) is 113 Å². The number of carbonyl (C=O) groups is 5. The molecule has 8 nitrogen and oxygen atoms in total. The third kappa shape index (κ3) is 6.86. The minimum atomic E-state index is -0.503. The molecule has 1 aliphatic heterocycles. The maximum Gasteiger partial charge on any atom is 0.253 e. The highest BCUT2D eigenvalue weighted by Gasteiger charge is 2.22. The molecule has 1 aliphatic rings. The van der Waals surface area contributed by atoms with Crippen molar-refractivity contribution in [2.45, 2.75) is 38.6 Å². The average Bonchev–Trinajstić information content (AvgIpc) is 2.83. The molecule has 1 heterocycles. The van der Waals surface area contributed by atoms with Crippen molar-refractivity contribution < 1.29 is 24.0 Å². The van der Waals surface area contributed by atoms with E-state index in [2.05, 4.69) is 10.6 Å². The Morgan fingerprint density at radius 2 is 1.70 bits per heavy atom. The first-order valence-electron chi connectivity index (χ1n) is 7.49. The van der Waals surface area contributed by atoms with E-state index >= 15 is 0 Å². The molecular weight excluding hydrogens is 302 g/mol. The minimum Gasteiger partial charge on any atom is -0.354 e. The number of amides is 4. The summed E-state index contributed by atoms with van der Waals surface area (Å²) in [6.07, 6.45) is 4.64. The van der Waals surface area contributed by atoms with Gasteiger partial charge in [0, 0.05) is 38.1 Å². The minimum absolute atomic E-state index is 0.141. The number of rotatable bonds is 10. The smallest absolute Gasteiger partial charge is 0.253 e. The molecular formula is C15H21N3O5. The Bertz CT molecular complexity index is 497. The van der Waals surface area contributed by atoms with Gasteiger partial charge in [0.05, 0.1) is 6.04 Å². The van der Waals surface area contributed by atoms with Crippen LogP contribution in [0.4, 0.5) is 0 Å². The SMILES string of the molecule is C[C@@H](C=O)NC(=O)CCCCC(=O)NCCN1C(=O)C=CC1=O. The fraction of sp³-hybridized carbons (Fsp3) is 0.533. The van der Waals surface area contributed by atoms with Crippen LogP contribution in [0.1, 0.15) is 32.6 Å². The van der Waals surface area contributed by atoms with Crippen molar-refractivity contribution in [2.24, 2.45) is 0 Å². The van der Waals surface area contributed by atoms with Gasteiger partial charge in [-0.05, 0) is 19.8 Å². The summed E-state index contributed by atoms with van der Waals surface area (Å²) in [4.78, 5) is 57.0. The summed E-state index contributed by atoms with van der Waals surface area (Å²) in [5.41, 5.74) is 0. The van der Waals surface area contributed by atoms with Crippen LogP contribution < -0.4 is 10.6 Å². The molecule has 0 fully saturated rings. The second kappa shape index (κ2) is 9.50. The fourth-order valence-corrected chi connectivity index (χ4v) is 1.98. The highest BCUT2D eigenvalue weighted by Crippen LogP contribution is 2.02. The van der Waals surface area contributed by atoms with E-state index in [0.29, 0.717) is 19.1 Å². The van der Waals surface area contributed by atoms with Crippen molar-refractivity contribution in [1.29, 1.82) is 0 Å². The predicted octanol–water partition coefficient (Wildman–Crippen LogP) is -0.708. The number of nitrogens with one attached hydrogen (secondary N) is 2. The van der Waals surface area contributed by atoms with Crippen LogP contribution in [0.5, 0.6) is 0 Å². The Morgan fingerprint density at radius 1 is 1.13 bits per heavy atom. The summed E-state index contributed by atoms with van der Waals surface area (Å²) in [5.74, 6) is -1.16. The number of imide groups is 1. The van der Waals surface area contributed by atoms with E-state index in [1.165, 1.54) is 12.2 Å². The Hall–Kier alpha value is -2.51. The number of nitrogens with zero attached hydrogens (tertiary/aromatic N) is 1. The molecule has 0 unspecified atom stereocenters. The number of hydrogen-bond donors (Lipinski definition) is 2. The number of aldehydes is 1. The number of hydrogen-bond acceptors (Lipinski definition) is 5. The maximum atomic E-state index is 11.6. The zero-order chi connectivity index (χ0) is 17.2. The molecule has 0 spiro atoms. The van der Waals surface area contributed by atoms with Gasteiger partial charge in [0.1, 0.15) is 6.29 Å². The lowest BCUT2D eigenvalue weighted by molar-refractivity contribution is -0.137. The number of unbranched alkanes of at least 4 members (excludes halogenated alkanes) is 1. The molecule has 1 rings (SSSR count). The van der Waals surface area contributed by atoms with Crippen molar-refractivity contribution in [1.82, 2.24) is 15.5 Å². The predicted molar refractivity (Wildman–Crippen MR) is 81.0 cm³/mol. The molecule has 0 aromatic heterocycles. The van der Waals surface area contributed by atoms with Gasteiger partial charge < -0.3 is 15.4 Å². The van der Waals surface area contributed by atoms with Crippen LogP contribution in [-0.2, 0) is 24.0 Å². The van der Waals surface area contributed by atoms with Crippen LogP contribution in [0.15, 0.2) is 12.2 Å². The van der Waals surface area contributed by atoms with E-state index in [4.69, 9.17) is 0 Å². The second-order valence-electron chi connectivity index (χ2n) is 5.21. The van der Waals surface area contributed by atoms with E-state index in [-0.39, 0.29) is 49.6 Å². The van der Waals surface area contributed by atoms with Crippen molar-refractivity contribution in [3.8, 4) is 0 Å². The van der Waals surface area contributed by atoms with E-state index < -0.39 is 6.04 Å². The van der Waals surface area contributed by atoms with Gasteiger partial charge in [0.2, 0.25) is 11.8 Å². The Labute approximate surface area is 134 Å². The molecule has 2 N–H and O–H groups in total. The van der Waals surface area contributed by atoms with Crippen molar-refractivity contribution in [3.05, 3.63) is 12.2 Å². The quantitative estimate of drug-likeness (QED) is 0.313. The van der Waals surface area contributed by atoms with Gasteiger partial charge >= 0.3 is 0 Å². The molecule has 0 aliphatic carbocycles. The third-order valence-electron chi connectivity index (χ3n) is 3.21. The molecule has 0 saturated heterocycles. The first kappa shape index (κ1) is 18.5. The lowest BCUT2D eigenvalue weighted by atomic mass is 10.1. The van der Waals surface area contributed by atoms with Crippen molar-refractivity contribution in [3.63, 3.8) is 0 Å². The third-order valence-corrected chi connectivity index (χ3v) is 3.21. The Morgan fingerprint density at radius 3 is 2.26 bits per heavy atom. The van der Waals surface area contributed by atoms with E-state index in [0.717, 1.165) is 4.90 Å². The van der Waals surface area contributed by atoms with Crippen LogP contribution in [0.25, 0.3) is 0 Å². The van der Waals surface area contributed by atoms with E-state index in [9.17, 15) is 24.0 Å². The summed E-state index contributed by atoms with van der Waals surface area (Å²) in [6.45, 7) is 1.93. The van der Waals surface area contributed by atoms with Gasteiger partial charge in [-0.2, -0.15) is 0 Å². The molecule has 8 heteroatoms. The Kier molecular flexibility index (Phi) is 7.65. The van der Waals surface area contributed by atoms with Gasteiger partial charge in [0.15, 0.2) is 0 Å². The van der Waals surface area contributed by atoms with Crippen molar-refractivity contribution >= 4 is 29.9 Å². The molecule has 0 saturated carbocycles. The molecule has 0 bridgehead atoms. The monoisotopic (exact) mass is 323 g/mol. The van der Waals surface area contributed by atoms with Gasteiger partial charge in [0.25, 0.3) is 11.8 Å².